The fourth-order valence-corrected chi connectivity index (χ4v) is 2.96. The molecule has 2 heterocycles. The number of pyridine rings is 1. The number of aromatic nitrogens is 3. The molecule has 0 aliphatic carbocycles. The van der Waals surface area contributed by atoms with E-state index >= 15 is 0 Å². The zero-order valence-corrected chi connectivity index (χ0v) is 15.1. The molecule has 0 spiro atoms. The van der Waals surface area contributed by atoms with Gasteiger partial charge in [0, 0.05) is 48.7 Å². The smallest absolute Gasteiger partial charge is 0.251 e. The van der Waals surface area contributed by atoms with Crippen LogP contribution in [0.3, 0.4) is 0 Å². The van der Waals surface area contributed by atoms with E-state index in [0.717, 1.165) is 29.1 Å². The van der Waals surface area contributed by atoms with Gasteiger partial charge < -0.3 is 15.6 Å². The largest absolute Gasteiger partial charge is 0.384 e. The first-order valence-corrected chi connectivity index (χ1v) is 8.70. The van der Waals surface area contributed by atoms with Crippen LogP contribution in [-0.2, 0) is 13.0 Å². The van der Waals surface area contributed by atoms with Crippen molar-refractivity contribution in [2.75, 3.05) is 12.3 Å². The van der Waals surface area contributed by atoms with Crippen LogP contribution in [0.4, 0.5) is 5.82 Å². The number of carbonyl (C=O) groups excluding carboxylic acids is 1. The van der Waals surface area contributed by atoms with Crippen molar-refractivity contribution >= 4 is 11.7 Å². The first-order valence-electron chi connectivity index (χ1n) is 8.70. The summed E-state index contributed by atoms with van der Waals surface area (Å²) in [6, 6.07) is 11.2. The predicted molar refractivity (Wildman–Crippen MR) is 103 cm³/mol. The van der Waals surface area contributed by atoms with E-state index in [0.29, 0.717) is 24.5 Å². The topological polar surface area (TPSA) is 85.8 Å². The van der Waals surface area contributed by atoms with Crippen molar-refractivity contribution in [3.63, 3.8) is 0 Å². The fraction of sp³-hybridized carbons (Fsp3) is 0.250. The Morgan fingerprint density at radius 2 is 2.12 bits per heavy atom. The maximum atomic E-state index is 12.5. The van der Waals surface area contributed by atoms with Gasteiger partial charge in [-0.3, -0.25) is 4.79 Å². The monoisotopic (exact) mass is 349 g/mol. The third-order valence-corrected chi connectivity index (χ3v) is 4.30. The Labute approximate surface area is 153 Å². The van der Waals surface area contributed by atoms with Gasteiger partial charge in [-0.25, -0.2) is 9.97 Å². The Morgan fingerprint density at radius 3 is 2.88 bits per heavy atom. The molecule has 1 amide bonds. The molecular weight excluding hydrogens is 326 g/mol. The molecule has 0 saturated carbocycles. The minimum absolute atomic E-state index is 0.0916. The molecular formula is C20H23N5O. The lowest BCUT2D eigenvalue weighted by Gasteiger charge is -2.10. The van der Waals surface area contributed by atoms with Gasteiger partial charge >= 0.3 is 0 Å². The highest BCUT2D eigenvalue weighted by molar-refractivity contribution is 5.95. The lowest BCUT2D eigenvalue weighted by molar-refractivity contribution is 0.0952. The van der Waals surface area contributed by atoms with Crippen molar-refractivity contribution in [1.29, 1.82) is 0 Å². The number of carbonyl (C=O) groups is 1. The highest BCUT2D eigenvalue weighted by Crippen LogP contribution is 2.23. The van der Waals surface area contributed by atoms with Crippen molar-refractivity contribution in [3.05, 3.63) is 65.9 Å². The number of amides is 1. The van der Waals surface area contributed by atoms with Crippen molar-refractivity contribution in [2.45, 2.75) is 26.8 Å². The molecule has 6 heteroatoms. The number of hydrogen-bond donors (Lipinski definition) is 2. The van der Waals surface area contributed by atoms with Crippen molar-refractivity contribution in [1.82, 2.24) is 19.9 Å². The molecule has 1 aromatic carbocycles. The molecule has 26 heavy (non-hydrogen) atoms. The van der Waals surface area contributed by atoms with E-state index in [9.17, 15) is 4.79 Å². The average Bonchev–Trinajstić information content (AvgIpc) is 3.09. The molecule has 2 aromatic heterocycles. The van der Waals surface area contributed by atoms with Crippen LogP contribution in [-0.4, -0.2) is 27.0 Å². The normalized spacial score (nSPS) is 10.7. The molecule has 0 aliphatic heterocycles. The van der Waals surface area contributed by atoms with Gasteiger partial charge in [-0.2, -0.15) is 0 Å². The second kappa shape index (κ2) is 7.82. The Kier molecular flexibility index (Phi) is 5.31. The minimum atomic E-state index is -0.0916. The maximum absolute atomic E-state index is 12.5. The van der Waals surface area contributed by atoms with E-state index in [-0.39, 0.29) is 5.91 Å². The summed E-state index contributed by atoms with van der Waals surface area (Å²) >= 11 is 0. The summed E-state index contributed by atoms with van der Waals surface area (Å²) in [6.45, 7) is 5.23. The summed E-state index contributed by atoms with van der Waals surface area (Å²) in [7, 11) is 0. The number of nitrogens with one attached hydrogen (secondary N) is 1. The molecule has 0 saturated heterocycles. The van der Waals surface area contributed by atoms with Gasteiger partial charge in [0.15, 0.2) is 0 Å². The number of rotatable bonds is 6. The molecule has 0 aliphatic rings. The van der Waals surface area contributed by atoms with Gasteiger partial charge in [0.1, 0.15) is 11.6 Å². The number of nitrogens with zero attached hydrogens (tertiary/aromatic N) is 3. The first kappa shape index (κ1) is 17.7. The van der Waals surface area contributed by atoms with E-state index in [4.69, 9.17) is 5.73 Å². The van der Waals surface area contributed by atoms with Gasteiger partial charge in [0.2, 0.25) is 0 Å². The minimum Gasteiger partial charge on any atom is -0.384 e. The van der Waals surface area contributed by atoms with E-state index < -0.39 is 0 Å². The first-order chi connectivity index (χ1) is 12.6. The summed E-state index contributed by atoms with van der Waals surface area (Å²) in [5, 5.41) is 2.97. The van der Waals surface area contributed by atoms with E-state index in [1.807, 2.05) is 43.5 Å². The molecule has 134 valence electrons. The number of imidazole rings is 1. The number of hydrogen-bond acceptors (Lipinski definition) is 4. The number of nitrogens with two attached hydrogens (primary N) is 1. The Morgan fingerprint density at radius 1 is 1.27 bits per heavy atom. The molecule has 3 N–H and O–H groups in total. The van der Waals surface area contributed by atoms with Crippen LogP contribution in [0.5, 0.6) is 0 Å². The average molecular weight is 349 g/mol. The lowest BCUT2D eigenvalue weighted by atomic mass is 10.0. The fourth-order valence-electron chi connectivity index (χ4n) is 2.96. The molecule has 0 unspecified atom stereocenters. The van der Waals surface area contributed by atoms with Crippen LogP contribution >= 0.6 is 0 Å². The van der Waals surface area contributed by atoms with Crippen LogP contribution in [0.2, 0.25) is 0 Å². The predicted octanol–water partition coefficient (Wildman–Crippen LogP) is 2.83. The van der Waals surface area contributed by atoms with Crippen molar-refractivity contribution in [2.24, 2.45) is 0 Å². The maximum Gasteiger partial charge on any atom is 0.251 e. The molecule has 0 radical (unpaired) electrons. The van der Waals surface area contributed by atoms with Crippen LogP contribution in [0.1, 0.15) is 28.8 Å². The number of aryl methyl sites for hydroxylation is 2. The Balaban J connectivity index is 1.68. The third-order valence-electron chi connectivity index (χ3n) is 4.30. The summed E-state index contributed by atoms with van der Waals surface area (Å²) in [6.07, 6.45) is 4.59. The van der Waals surface area contributed by atoms with Crippen LogP contribution in [0.15, 0.2) is 48.8 Å². The highest BCUT2D eigenvalue weighted by atomic mass is 16.1. The SMILES string of the molecule is CCc1nccn1CCNC(=O)c1cccc(-c2ccc(N)nc2C)c1. The van der Waals surface area contributed by atoms with Gasteiger partial charge in [-0.05, 0) is 36.8 Å². The van der Waals surface area contributed by atoms with Crippen molar-refractivity contribution < 1.29 is 4.79 Å². The Bertz CT molecular complexity index is 916. The number of benzene rings is 1. The Hall–Kier alpha value is -3.15. The van der Waals surface area contributed by atoms with E-state index in [1.54, 1.807) is 12.3 Å². The zero-order valence-electron chi connectivity index (χ0n) is 15.1. The molecule has 0 atom stereocenters. The number of anilines is 1. The highest BCUT2D eigenvalue weighted by Gasteiger charge is 2.09. The van der Waals surface area contributed by atoms with E-state index in [1.165, 1.54) is 0 Å². The molecule has 3 aromatic rings. The lowest BCUT2D eigenvalue weighted by Crippen LogP contribution is -2.27. The third kappa shape index (κ3) is 3.91. The molecule has 3 rings (SSSR count). The number of nitrogen functional groups attached to an aromatic ring is 1. The summed E-state index contributed by atoms with van der Waals surface area (Å²) < 4.78 is 2.06. The van der Waals surface area contributed by atoms with E-state index in [2.05, 4.69) is 26.8 Å². The summed E-state index contributed by atoms with van der Waals surface area (Å²) in [5.74, 6) is 1.42. The van der Waals surface area contributed by atoms with Gasteiger partial charge in [-0.15, -0.1) is 0 Å². The van der Waals surface area contributed by atoms with Crippen LogP contribution < -0.4 is 11.1 Å². The second-order valence-corrected chi connectivity index (χ2v) is 6.10. The van der Waals surface area contributed by atoms with Gasteiger partial charge in [0.25, 0.3) is 5.91 Å². The second-order valence-electron chi connectivity index (χ2n) is 6.10. The van der Waals surface area contributed by atoms with Crippen LogP contribution in [0.25, 0.3) is 11.1 Å². The summed E-state index contributed by atoms with van der Waals surface area (Å²) in [4.78, 5) is 21.1. The standard InChI is InChI=1S/C20H23N5O/c1-3-19-22-9-11-25(19)12-10-23-20(26)16-6-4-5-15(13-16)17-7-8-18(21)24-14(17)2/h4-9,11,13H,3,10,12H2,1-2H3,(H2,21,24)(H,23,26). The molecule has 0 fully saturated rings. The summed E-state index contributed by atoms with van der Waals surface area (Å²) in [5.41, 5.74) is 9.11. The van der Waals surface area contributed by atoms with Crippen molar-refractivity contribution in [3.8, 4) is 11.1 Å². The quantitative estimate of drug-likeness (QED) is 0.716. The van der Waals surface area contributed by atoms with Gasteiger partial charge in [-0.1, -0.05) is 19.1 Å². The zero-order chi connectivity index (χ0) is 18.5. The van der Waals surface area contributed by atoms with Crippen LogP contribution in [0, 0.1) is 6.92 Å². The van der Waals surface area contributed by atoms with Gasteiger partial charge in [0.05, 0.1) is 0 Å². The molecule has 6 nitrogen and oxygen atoms in total. The molecule has 0 bridgehead atoms.